The fourth-order valence-electron chi connectivity index (χ4n) is 3.36. The number of aliphatic hydroxyl groups is 1. The van der Waals surface area contributed by atoms with Crippen LogP contribution in [0.2, 0.25) is 0 Å². The Morgan fingerprint density at radius 2 is 1.64 bits per heavy atom. The van der Waals surface area contributed by atoms with Crippen molar-refractivity contribution in [3.05, 3.63) is 59.7 Å². The molecule has 0 saturated carbocycles. The van der Waals surface area contributed by atoms with Gasteiger partial charge in [0.25, 0.3) is 0 Å². The van der Waals surface area contributed by atoms with Gasteiger partial charge in [-0.05, 0) is 22.3 Å². The number of hydrogen-bond donors (Lipinski definition) is 3. The van der Waals surface area contributed by atoms with Crippen LogP contribution in [0.4, 0.5) is 4.79 Å². The molecule has 0 spiro atoms. The van der Waals surface area contributed by atoms with Crippen LogP contribution in [-0.4, -0.2) is 55.2 Å². The van der Waals surface area contributed by atoms with E-state index in [1.807, 2.05) is 36.4 Å². The molecule has 148 valence electrons. The van der Waals surface area contributed by atoms with Crippen molar-refractivity contribution < 1.29 is 29.3 Å². The van der Waals surface area contributed by atoms with Gasteiger partial charge in [-0.1, -0.05) is 48.5 Å². The number of hydrogen-bond acceptors (Lipinski definition) is 5. The van der Waals surface area contributed by atoms with Gasteiger partial charge < -0.3 is 25.0 Å². The monoisotopic (exact) mass is 385 g/mol. The van der Waals surface area contributed by atoms with Crippen molar-refractivity contribution in [1.29, 1.82) is 0 Å². The highest BCUT2D eigenvalue weighted by Crippen LogP contribution is 2.44. The summed E-state index contributed by atoms with van der Waals surface area (Å²) < 4.78 is 10.4. The van der Waals surface area contributed by atoms with Crippen LogP contribution in [0.3, 0.4) is 0 Å². The second-order valence-corrected chi connectivity index (χ2v) is 6.54. The smallest absolute Gasteiger partial charge is 0.407 e. The van der Waals surface area contributed by atoms with Crippen LogP contribution < -0.4 is 5.32 Å². The van der Waals surface area contributed by atoms with E-state index in [0.717, 1.165) is 22.3 Å². The summed E-state index contributed by atoms with van der Waals surface area (Å²) in [7, 11) is 0. The molecule has 2 aromatic carbocycles. The minimum atomic E-state index is -1.09. The zero-order valence-corrected chi connectivity index (χ0v) is 15.3. The predicted octanol–water partition coefficient (Wildman–Crippen LogP) is 2.23. The standard InChI is InChI=1S/C21H23NO6/c23-9-10-27-12-14(20(24)25)11-22-21(26)28-13-19-17-7-3-1-5-15(17)16-6-2-4-8-18(16)19/h1-8,14,19,23H,9-13H2,(H,22,26)(H,24,25)/t14-/m0/s1. The van der Waals surface area contributed by atoms with E-state index in [1.54, 1.807) is 0 Å². The number of fused-ring (bicyclic) bond motifs is 3. The van der Waals surface area contributed by atoms with Gasteiger partial charge in [0.05, 0.1) is 25.7 Å². The number of amides is 1. The molecule has 3 rings (SSSR count). The first-order chi connectivity index (χ1) is 13.6. The number of benzene rings is 2. The number of carbonyl (C=O) groups is 2. The quantitative estimate of drug-likeness (QED) is 0.572. The van der Waals surface area contributed by atoms with Crippen molar-refractivity contribution in [2.75, 3.05) is 33.0 Å². The highest BCUT2D eigenvalue weighted by atomic mass is 16.5. The average molecular weight is 385 g/mol. The Bertz CT molecular complexity index is 792. The summed E-state index contributed by atoms with van der Waals surface area (Å²) in [6.07, 6.45) is -0.671. The van der Waals surface area contributed by atoms with E-state index in [9.17, 15) is 14.7 Å². The van der Waals surface area contributed by atoms with Crippen molar-refractivity contribution in [2.45, 2.75) is 5.92 Å². The van der Waals surface area contributed by atoms with E-state index in [0.29, 0.717) is 0 Å². The van der Waals surface area contributed by atoms with Crippen LogP contribution in [0.5, 0.6) is 0 Å². The summed E-state index contributed by atoms with van der Waals surface area (Å²) in [6, 6.07) is 16.0. The Morgan fingerprint density at radius 1 is 1.04 bits per heavy atom. The number of carbonyl (C=O) groups excluding carboxylic acids is 1. The Balaban J connectivity index is 1.57. The number of carboxylic acids is 1. The number of ether oxygens (including phenoxy) is 2. The summed E-state index contributed by atoms with van der Waals surface area (Å²) in [4.78, 5) is 23.3. The third-order valence-corrected chi connectivity index (χ3v) is 4.74. The van der Waals surface area contributed by atoms with Crippen LogP contribution in [0, 0.1) is 5.92 Å². The molecule has 0 aliphatic heterocycles. The van der Waals surface area contributed by atoms with Crippen LogP contribution >= 0.6 is 0 Å². The normalized spacial score (nSPS) is 13.5. The first-order valence-corrected chi connectivity index (χ1v) is 9.12. The minimum absolute atomic E-state index is 0.0503. The molecule has 3 N–H and O–H groups in total. The van der Waals surface area contributed by atoms with Crippen molar-refractivity contribution in [3.8, 4) is 11.1 Å². The van der Waals surface area contributed by atoms with Gasteiger partial charge >= 0.3 is 12.1 Å². The average Bonchev–Trinajstić information content (AvgIpc) is 3.02. The lowest BCUT2D eigenvalue weighted by molar-refractivity contribution is -0.143. The van der Waals surface area contributed by atoms with Crippen LogP contribution in [0.15, 0.2) is 48.5 Å². The lowest BCUT2D eigenvalue weighted by Crippen LogP contribution is -2.36. The number of alkyl carbamates (subject to hydrolysis) is 1. The molecule has 1 atom stereocenters. The maximum atomic E-state index is 12.1. The SMILES string of the molecule is O=C(NC[C@@H](COCCO)C(=O)O)OCC1c2ccccc2-c2ccccc21. The summed E-state index contributed by atoms with van der Waals surface area (Å²) in [5.41, 5.74) is 4.49. The molecule has 0 unspecified atom stereocenters. The Hall–Kier alpha value is -2.90. The van der Waals surface area contributed by atoms with E-state index in [1.165, 1.54) is 0 Å². The Kier molecular flexibility index (Phi) is 6.62. The van der Waals surface area contributed by atoms with E-state index < -0.39 is 18.0 Å². The van der Waals surface area contributed by atoms with Gasteiger partial charge in [-0.2, -0.15) is 0 Å². The molecule has 0 fully saturated rings. The van der Waals surface area contributed by atoms with E-state index in [-0.39, 0.29) is 38.9 Å². The molecule has 7 nitrogen and oxygen atoms in total. The fraction of sp³-hybridized carbons (Fsp3) is 0.333. The van der Waals surface area contributed by atoms with Gasteiger partial charge in [-0.25, -0.2) is 4.79 Å². The summed E-state index contributed by atoms with van der Waals surface area (Å²) in [6.45, 7) is -0.184. The fourth-order valence-corrected chi connectivity index (χ4v) is 3.36. The van der Waals surface area contributed by atoms with Crippen molar-refractivity contribution in [1.82, 2.24) is 5.32 Å². The number of rotatable bonds is 9. The number of carboxylic acid groups (broad SMARTS) is 1. The predicted molar refractivity (Wildman–Crippen MR) is 102 cm³/mol. The number of aliphatic carboxylic acids is 1. The van der Waals surface area contributed by atoms with Gasteiger partial charge in [0.1, 0.15) is 6.61 Å². The third-order valence-electron chi connectivity index (χ3n) is 4.74. The Labute approximate surface area is 162 Å². The first-order valence-electron chi connectivity index (χ1n) is 9.12. The summed E-state index contributed by atoms with van der Waals surface area (Å²) in [5.74, 6) is -2.05. The van der Waals surface area contributed by atoms with Gasteiger partial charge in [-0.3, -0.25) is 4.79 Å². The molecular weight excluding hydrogens is 362 g/mol. The van der Waals surface area contributed by atoms with E-state index in [2.05, 4.69) is 17.4 Å². The van der Waals surface area contributed by atoms with Gasteiger partial charge in [-0.15, -0.1) is 0 Å². The molecule has 1 aliphatic rings. The second-order valence-electron chi connectivity index (χ2n) is 6.54. The lowest BCUT2D eigenvalue weighted by Gasteiger charge is -2.16. The third kappa shape index (κ3) is 4.49. The maximum Gasteiger partial charge on any atom is 0.407 e. The minimum Gasteiger partial charge on any atom is -0.481 e. The van der Waals surface area contributed by atoms with Crippen molar-refractivity contribution in [3.63, 3.8) is 0 Å². The van der Waals surface area contributed by atoms with Gasteiger partial charge in [0, 0.05) is 12.5 Å². The highest BCUT2D eigenvalue weighted by Gasteiger charge is 2.29. The molecule has 0 radical (unpaired) electrons. The van der Waals surface area contributed by atoms with Crippen LogP contribution in [0.1, 0.15) is 17.0 Å². The molecule has 28 heavy (non-hydrogen) atoms. The largest absolute Gasteiger partial charge is 0.481 e. The van der Waals surface area contributed by atoms with Gasteiger partial charge in [0.2, 0.25) is 0 Å². The molecule has 0 bridgehead atoms. The molecule has 7 heteroatoms. The summed E-state index contributed by atoms with van der Waals surface area (Å²) in [5, 5.41) is 20.3. The van der Waals surface area contributed by atoms with E-state index >= 15 is 0 Å². The number of aliphatic hydroxyl groups excluding tert-OH is 1. The highest BCUT2D eigenvalue weighted by molar-refractivity contribution is 5.79. The van der Waals surface area contributed by atoms with E-state index in [4.69, 9.17) is 14.6 Å². The number of nitrogens with one attached hydrogen (secondary N) is 1. The summed E-state index contributed by atoms with van der Waals surface area (Å²) >= 11 is 0. The van der Waals surface area contributed by atoms with Gasteiger partial charge in [0.15, 0.2) is 0 Å². The van der Waals surface area contributed by atoms with Crippen LogP contribution in [-0.2, 0) is 14.3 Å². The van der Waals surface area contributed by atoms with Crippen LogP contribution in [0.25, 0.3) is 11.1 Å². The van der Waals surface area contributed by atoms with Crippen molar-refractivity contribution in [2.24, 2.45) is 5.92 Å². The van der Waals surface area contributed by atoms with Crippen molar-refractivity contribution >= 4 is 12.1 Å². The molecule has 1 amide bonds. The first kappa shape index (κ1) is 19.9. The lowest BCUT2D eigenvalue weighted by atomic mass is 9.98. The zero-order valence-electron chi connectivity index (χ0n) is 15.3. The molecular formula is C21H23NO6. The maximum absolute atomic E-state index is 12.1. The second kappa shape index (κ2) is 9.34. The zero-order chi connectivity index (χ0) is 19.9. The Morgan fingerprint density at radius 3 is 2.21 bits per heavy atom. The molecule has 1 aliphatic carbocycles. The topological polar surface area (TPSA) is 105 Å². The molecule has 2 aromatic rings. The molecule has 0 heterocycles. The molecule has 0 aromatic heterocycles. The molecule has 0 saturated heterocycles.